The van der Waals surface area contributed by atoms with Gasteiger partial charge in [0.1, 0.15) is 5.00 Å². The van der Waals surface area contributed by atoms with Crippen molar-refractivity contribution in [3.8, 4) is 5.00 Å². The molecule has 0 saturated heterocycles. The number of aromatic nitrogens is 1. The predicted octanol–water partition coefficient (Wildman–Crippen LogP) is 5.89. The van der Waals surface area contributed by atoms with Gasteiger partial charge >= 0.3 is 6.03 Å². The zero-order chi connectivity index (χ0) is 23.2. The van der Waals surface area contributed by atoms with Crippen molar-refractivity contribution in [3.63, 3.8) is 0 Å². The van der Waals surface area contributed by atoms with Crippen molar-refractivity contribution in [1.82, 2.24) is 20.1 Å². The van der Waals surface area contributed by atoms with Crippen molar-refractivity contribution in [2.24, 2.45) is 5.92 Å². The molecule has 1 aliphatic rings. The number of hydrogen-bond acceptors (Lipinski definition) is 3. The van der Waals surface area contributed by atoms with Gasteiger partial charge in [0.2, 0.25) is 0 Å². The average molecular weight is 465 g/mol. The smallest absolute Gasteiger partial charge is 0.315 e. The van der Waals surface area contributed by atoms with E-state index in [0.29, 0.717) is 12.5 Å². The van der Waals surface area contributed by atoms with E-state index in [-0.39, 0.29) is 12.1 Å². The molecule has 0 fully saturated rings. The van der Waals surface area contributed by atoms with Gasteiger partial charge in [-0.2, -0.15) is 0 Å². The maximum atomic E-state index is 13.0. The molecule has 3 heterocycles. The highest BCUT2D eigenvalue weighted by atomic mass is 32.1. The van der Waals surface area contributed by atoms with Crippen LogP contribution in [-0.4, -0.2) is 28.6 Å². The maximum absolute atomic E-state index is 13.0. The van der Waals surface area contributed by atoms with E-state index in [0.717, 1.165) is 44.5 Å². The number of carbonyl (C=O) groups is 1. The monoisotopic (exact) mass is 464 g/mol. The number of hydrogen-bond donors (Lipinski definition) is 2. The zero-order valence-electron chi connectivity index (χ0n) is 20.0. The molecule has 4 rings (SSSR count). The van der Waals surface area contributed by atoms with Crippen LogP contribution in [0.3, 0.4) is 0 Å². The summed E-state index contributed by atoms with van der Waals surface area (Å²) in [5, 5.41) is 7.67. The second-order valence-electron chi connectivity index (χ2n) is 9.27. The van der Waals surface area contributed by atoms with Crippen LogP contribution in [0.2, 0.25) is 0 Å². The summed E-state index contributed by atoms with van der Waals surface area (Å²) >= 11 is 1.89. The van der Waals surface area contributed by atoms with E-state index in [4.69, 9.17) is 0 Å². The third-order valence-corrected chi connectivity index (χ3v) is 7.67. The second-order valence-corrected chi connectivity index (χ2v) is 10.4. The summed E-state index contributed by atoms with van der Waals surface area (Å²) in [4.78, 5) is 16.9. The first-order valence-corrected chi connectivity index (χ1v) is 12.9. The van der Waals surface area contributed by atoms with Gasteiger partial charge in [-0.25, -0.2) is 4.79 Å². The van der Waals surface area contributed by atoms with Crippen LogP contribution in [-0.2, 0) is 19.5 Å². The van der Waals surface area contributed by atoms with E-state index in [1.54, 1.807) is 0 Å². The summed E-state index contributed by atoms with van der Waals surface area (Å²) in [5.74, 6) is 0.585. The van der Waals surface area contributed by atoms with E-state index in [1.807, 2.05) is 41.7 Å². The molecule has 0 aliphatic carbocycles. The number of amides is 2. The molecule has 1 atom stereocenters. The molecule has 6 heteroatoms. The van der Waals surface area contributed by atoms with Crippen LogP contribution < -0.4 is 10.6 Å². The van der Waals surface area contributed by atoms with Crippen LogP contribution >= 0.6 is 11.3 Å². The summed E-state index contributed by atoms with van der Waals surface area (Å²) in [6.07, 6.45) is 7.29. The number of urea groups is 1. The highest BCUT2D eigenvalue weighted by Gasteiger charge is 2.29. The molecule has 3 aromatic rings. The molecule has 33 heavy (non-hydrogen) atoms. The molecule has 2 aromatic heterocycles. The number of rotatable bonds is 9. The number of carbonyl (C=O) groups excluding carboxylic acids is 1. The van der Waals surface area contributed by atoms with E-state index < -0.39 is 0 Å². The third kappa shape index (κ3) is 5.87. The Morgan fingerprint density at radius 2 is 1.85 bits per heavy atom. The van der Waals surface area contributed by atoms with E-state index >= 15 is 0 Å². The van der Waals surface area contributed by atoms with Crippen LogP contribution in [0, 0.1) is 5.92 Å². The highest BCUT2D eigenvalue weighted by molar-refractivity contribution is 7.15. The molecule has 2 amide bonds. The summed E-state index contributed by atoms with van der Waals surface area (Å²) in [7, 11) is 0. The van der Waals surface area contributed by atoms with E-state index in [1.165, 1.54) is 21.0 Å². The SMILES string of the molecule is CCN1CCc2c(sc(-n3cccc3)c2[C@H](CCC(C)C)NC(=O)NCc2ccccc2)C1. The molecule has 0 radical (unpaired) electrons. The van der Waals surface area contributed by atoms with Gasteiger partial charge in [-0.1, -0.05) is 51.1 Å². The van der Waals surface area contributed by atoms with Crippen LogP contribution in [0.1, 0.15) is 61.2 Å². The average Bonchev–Trinajstić information content (AvgIpc) is 3.48. The van der Waals surface area contributed by atoms with Gasteiger partial charge < -0.3 is 15.2 Å². The molecule has 0 unspecified atom stereocenters. The maximum Gasteiger partial charge on any atom is 0.315 e. The zero-order valence-corrected chi connectivity index (χ0v) is 20.8. The van der Waals surface area contributed by atoms with Crippen LogP contribution in [0.15, 0.2) is 54.9 Å². The summed E-state index contributed by atoms with van der Waals surface area (Å²) in [6.45, 7) is 10.4. The summed E-state index contributed by atoms with van der Waals surface area (Å²) < 4.78 is 2.22. The number of fused-ring (bicyclic) bond motifs is 1. The minimum atomic E-state index is -0.1000. The summed E-state index contributed by atoms with van der Waals surface area (Å²) in [5.41, 5.74) is 3.87. The molecule has 2 N–H and O–H groups in total. The number of nitrogens with one attached hydrogen (secondary N) is 2. The first kappa shape index (κ1) is 23.6. The molecule has 0 saturated carbocycles. The number of likely N-dealkylation sites (N-methyl/N-ethyl adjacent to an activating group) is 1. The standard InChI is InChI=1S/C27H36N4OS/c1-4-30-17-14-22-24(19-30)33-26(31-15-8-9-16-31)25(22)23(13-12-20(2)3)29-27(32)28-18-21-10-6-5-7-11-21/h5-11,15-16,20,23H,4,12-14,17-19H2,1-3H3,(H2,28,29,32)/t23-/m0/s1. The Balaban J connectivity index is 1.62. The fourth-order valence-corrected chi connectivity index (χ4v) is 5.95. The molecule has 0 bridgehead atoms. The Bertz CT molecular complexity index is 1030. The lowest BCUT2D eigenvalue weighted by Crippen LogP contribution is -2.38. The molecular formula is C27H36N4OS. The lowest BCUT2D eigenvalue weighted by atomic mass is 9.92. The van der Waals surface area contributed by atoms with Crippen molar-refractivity contribution in [2.45, 2.75) is 59.2 Å². The summed E-state index contributed by atoms with van der Waals surface area (Å²) in [6, 6.07) is 14.1. The minimum absolute atomic E-state index is 0.00579. The predicted molar refractivity (Wildman–Crippen MR) is 137 cm³/mol. The number of nitrogens with zero attached hydrogens (tertiary/aromatic N) is 2. The first-order valence-electron chi connectivity index (χ1n) is 12.1. The molecule has 176 valence electrons. The molecule has 5 nitrogen and oxygen atoms in total. The van der Waals surface area contributed by atoms with Gasteiger partial charge in [-0.3, -0.25) is 4.90 Å². The third-order valence-electron chi connectivity index (χ3n) is 6.43. The largest absolute Gasteiger partial charge is 0.334 e. The van der Waals surface area contributed by atoms with Crippen LogP contribution in [0.5, 0.6) is 0 Å². The van der Waals surface area contributed by atoms with Gasteiger partial charge in [0, 0.05) is 42.5 Å². The Hall–Kier alpha value is -2.57. The van der Waals surface area contributed by atoms with Gasteiger partial charge in [-0.05, 0) is 55.0 Å². The Kier molecular flexibility index (Phi) is 7.89. The molecular weight excluding hydrogens is 428 g/mol. The van der Waals surface area contributed by atoms with E-state index in [2.05, 4.69) is 65.4 Å². The first-order chi connectivity index (χ1) is 16.0. The minimum Gasteiger partial charge on any atom is -0.334 e. The number of thiophene rings is 1. The topological polar surface area (TPSA) is 49.3 Å². The van der Waals surface area contributed by atoms with Crippen molar-refractivity contribution in [1.29, 1.82) is 0 Å². The highest BCUT2D eigenvalue weighted by Crippen LogP contribution is 2.41. The Morgan fingerprint density at radius 3 is 2.55 bits per heavy atom. The fraction of sp³-hybridized carbons (Fsp3) is 0.444. The quantitative estimate of drug-likeness (QED) is 0.415. The van der Waals surface area contributed by atoms with Gasteiger partial charge in [0.15, 0.2) is 0 Å². The van der Waals surface area contributed by atoms with E-state index in [9.17, 15) is 4.79 Å². The van der Waals surface area contributed by atoms with Crippen molar-refractivity contribution in [3.05, 3.63) is 76.4 Å². The Labute approximate surface area is 201 Å². The van der Waals surface area contributed by atoms with Gasteiger partial charge in [0.05, 0.1) is 6.04 Å². The van der Waals surface area contributed by atoms with Gasteiger partial charge in [-0.15, -0.1) is 11.3 Å². The fourth-order valence-electron chi connectivity index (χ4n) is 4.53. The van der Waals surface area contributed by atoms with Crippen LogP contribution in [0.25, 0.3) is 5.00 Å². The van der Waals surface area contributed by atoms with Crippen molar-refractivity contribution in [2.75, 3.05) is 13.1 Å². The van der Waals surface area contributed by atoms with Crippen LogP contribution in [0.4, 0.5) is 4.79 Å². The normalized spacial score (nSPS) is 14.8. The Morgan fingerprint density at radius 1 is 1.09 bits per heavy atom. The molecule has 1 aromatic carbocycles. The van der Waals surface area contributed by atoms with Gasteiger partial charge in [0.25, 0.3) is 0 Å². The molecule has 0 spiro atoms. The lowest BCUT2D eigenvalue weighted by molar-refractivity contribution is 0.235. The second kappa shape index (κ2) is 11.0. The lowest BCUT2D eigenvalue weighted by Gasteiger charge is -2.28. The van der Waals surface area contributed by atoms with Crippen molar-refractivity contribution >= 4 is 17.4 Å². The van der Waals surface area contributed by atoms with Crippen molar-refractivity contribution < 1.29 is 4.79 Å². The number of benzene rings is 1. The molecule has 1 aliphatic heterocycles.